The molecule has 0 fully saturated rings. The number of carbonyl (C=O) groups is 2. The van der Waals surface area contributed by atoms with E-state index >= 15 is 0 Å². The van der Waals surface area contributed by atoms with Gasteiger partial charge in [0.05, 0.1) is 6.42 Å². The number of pyridine rings is 1. The molecule has 2 heterocycles. The molecule has 0 spiro atoms. The van der Waals surface area contributed by atoms with Crippen LogP contribution in [-0.4, -0.2) is 49.7 Å². The van der Waals surface area contributed by atoms with Crippen molar-refractivity contribution >= 4 is 11.9 Å². The lowest BCUT2D eigenvalue weighted by Crippen LogP contribution is -2.36. The van der Waals surface area contributed by atoms with Crippen LogP contribution in [0, 0.1) is 5.92 Å². The van der Waals surface area contributed by atoms with Crippen LogP contribution in [-0.2, 0) is 4.79 Å². The van der Waals surface area contributed by atoms with Gasteiger partial charge in [0, 0.05) is 25.5 Å². The van der Waals surface area contributed by atoms with Gasteiger partial charge in [0.15, 0.2) is 5.82 Å². The second kappa shape index (κ2) is 7.53. The van der Waals surface area contributed by atoms with Gasteiger partial charge in [0.1, 0.15) is 5.69 Å². The first kappa shape index (κ1) is 16.7. The third kappa shape index (κ3) is 4.64. The zero-order chi connectivity index (χ0) is 16.8. The monoisotopic (exact) mass is 316 g/mol. The zero-order valence-corrected chi connectivity index (χ0v) is 13.2. The van der Waals surface area contributed by atoms with E-state index in [0.29, 0.717) is 12.4 Å². The Morgan fingerprint density at radius 2 is 2.09 bits per heavy atom. The van der Waals surface area contributed by atoms with Gasteiger partial charge < -0.3 is 10.0 Å². The predicted octanol–water partition coefficient (Wildman–Crippen LogP) is 1.84. The van der Waals surface area contributed by atoms with Gasteiger partial charge in [-0.05, 0) is 24.1 Å². The lowest BCUT2D eigenvalue weighted by molar-refractivity contribution is -0.137. The summed E-state index contributed by atoms with van der Waals surface area (Å²) in [6.07, 6.45) is 3.29. The van der Waals surface area contributed by atoms with Crippen molar-refractivity contribution in [1.82, 2.24) is 19.7 Å². The highest BCUT2D eigenvalue weighted by Crippen LogP contribution is 2.10. The molecule has 23 heavy (non-hydrogen) atoms. The number of aliphatic carboxylic acids is 1. The van der Waals surface area contributed by atoms with Gasteiger partial charge in [-0.1, -0.05) is 19.9 Å². The molecule has 0 saturated heterocycles. The molecule has 0 aliphatic carbocycles. The number of aromatic nitrogens is 3. The number of hydrogen-bond donors (Lipinski definition) is 1. The molecule has 0 atom stereocenters. The number of carboxylic acids is 1. The molecule has 122 valence electrons. The van der Waals surface area contributed by atoms with Crippen molar-refractivity contribution in [3.05, 3.63) is 42.4 Å². The van der Waals surface area contributed by atoms with E-state index in [-0.39, 0.29) is 30.5 Å². The van der Waals surface area contributed by atoms with E-state index in [9.17, 15) is 9.59 Å². The molecule has 0 unspecified atom stereocenters. The Bertz CT molecular complexity index is 668. The fourth-order valence-electron chi connectivity index (χ4n) is 2.18. The molecule has 0 aliphatic heterocycles. The Kier molecular flexibility index (Phi) is 5.46. The smallest absolute Gasteiger partial charge is 0.305 e. The lowest BCUT2D eigenvalue weighted by atomic mass is 10.2. The highest BCUT2D eigenvalue weighted by molar-refractivity contribution is 5.92. The summed E-state index contributed by atoms with van der Waals surface area (Å²) in [6, 6.07) is 6.90. The van der Waals surface area contributed by atoms with E-state index in [0.717, 1.165) is 0 Å². The molecule has 0 aromatic carbocycles. The fraction of sp³-hybridized carbons (Fsp3) is 0.375. The van der Waals surface area contributed by atoms with Gasteiger partial charge >= 0.3 is 5.97 Å². The predicted molar refractivity (Wildman–Crippen MR) is 84.4 cm³/mol. The molecular formula is C16H20N4O3. The topological polar surface area (TPSA) is 88.3 Å². The zero-order valence-electron chi connectivity index (χ0n) is 13.2. The average molecular weight is 316 g/mol. The minimum absolute atomic E-state index is 0.0860. The van der Waals surface area contributed by atoms with Crippen LogP contribution in [0.1, 0.15) is 30.8 Å². The highest BCUT2D eigenvalue weighted by Gasteiger charge is 2.19. The minimum Gasteiger partial charge on any atom is -0.481 e. The average Bonchev–Trinajstić information content (AvgIpc) is 3.05. The largest absolute Gasteiger partial charge is 0.481 e. The van der Waals surface area contributed by atoms with E-state index in [2.05, 4.69) is 10.1 Å². The normalized spacial score (nSPS) is 10.7. The molecule has 0 saturated carbocycles. The van der Waals surface area contributed by atoms with E-state index in [1.54, 1.807) is 41.3 Å². The second-order valence-corrected chi connectivity index (χ2v) is 5.62. The molecule has 0 radical (unpaired) electrons. The van der Waals surface area contributed by atoms with Gasteiger partial charge in [0.2, 0.25) is 0 Å². The third-order valence-electron chi connectivity index (χ3n) is 3.16. The molecule has 1 amide bonds. The number of hydrogen-bond acceptors (Lipinski definition) is 4. The maximum atomic E-state index is 12.7. The maximum Gasteiger partial charge on any atom is 0.305 e. The first-order chi connectivity index (χ1) is 11.0. The summed E-state index contributed by atoms with van der Waals surface area (Å²) in [5.41, 5.74) is 0.282. The molecule has 2 aromatic heterocycles. The van der Waals surface area contributed by atoms with Crippen molar-refractivity contribution < 1.29 is 14.7 Å². The van der Waals surface area contributed by atoms with Crippen LogP contribution >= 0.6 is 0 Å². The highest BCUT2D eigenvalue weighted by atomic mass is 16.4. The number of rotatable bonds is 7. The Hall–Kier alpha value is -2.70. The number of carboxylic acid groups (broad SMARTS) is 1. The summed E-state index contributed by atoms with van der Waals surface area (Å²) in [5, 5.41) is 12.9. The number of amides is 1. The van der Waals surface area contributed by atoms with Gasteiger partial charge in [-0.25, -0.2) is 9.67 Å². The summed E-state index contributed by atoms with van der Waals surface area (Å²) in [7, 11) is 0. The van der Waals surface area contributed by atoms with Crippen LogP contribution in [0.5, 0.6) is 0 Å². The first-order valence-corrected chi connectivity index (χ1v) is 7.45. The summed E-state index contributed by atoms with van der Waals surface area (Å²) in [5.74, 6) is -0.413. The SMILES string of the molecule is CC(C)CN(CCC(=O)O)C(=O)c1cccc(-n2cccn2)n1. The van der Waals surface area contributed by atoms with Gasteiger partial charge in [-0.2, -0.15) is 5.10 Å². The van der Waals surface area contributed by atoms with E-state index in [1.807, 2.05) is 13.8 Å². The van der Waals surface area contributed by atoms with E-state index in [4.69, 9.17) is 5.11 Å². The van der Waals surface area contributed by atoms with Crippen LogP contribution < -0.4 is 0 Å². The van der Waals surface area contributed by atoms with Crippen LogP contribution in [0.4, 0.5) is 0 Å². The Labute approximate surface area is 134 Å². The molecule has 1 N–H and O–H groups in total. The third-order valence-corrected chi connectivity index (χ3v) is 3.16. The molecule has 2 rings (SSSR count). The van der Waals surface area contributed by atoms with E-state index < -0.39 is 5.97 Å². The molecule has 0 aliphatic rings. The van der Waals surface area contributed by atoms with E-state index in [1.165, 1.54) is 4.90 Å². The van der Waals surface area contributed by atoms with Crippen molar-refractivity contribution in [2.45, 2.75) is 20.3 Å². The standard InChI is InChI=1S/C16H20N4O3/c1-12(2)11-19(10-7-15(21)22)16(23)13-5-3-6-14(18-13)20-9-4-8-17-20/h3-6,8-9,12H,7,10-11H2,1-2H3,(H,21,22). The summed E-state index contributed by atoms with van der Waals surface area (Å²) < 4.78 is 1.57. The van der Waals surface area contributed by atoms with Crippen LogP contribution in [0.3, 0.4) is 0 Å². The van der Waals surface area contributed by atoms with Crippen molar-refractivity contribution in [3.8, 4) is 5.82 Å². The Balaban J connectivity index is 2.21. The number of nitrogens with zero attached hydrogens (tertiary/aromatic N) is 4. The van der Waals surface area contributed by atoms with Gasteiger partial charge in [-0.3, -0.25) is 9.59 Å². The second-order valence-electron chi connectivity index (χ2n) is 5.62. The van der Waals surface area contributed by atoms with Crippen molar-refractivity contribution in [2.75, 3.05) is 13.1 Å². The summed E-state index contributed by atoms with van der Waals surface area (Å²) in [6.45, 7) is 4.61. The maximum absolute atomic E-state index is 12.7. The van der Waals surface area contributed by atoms with Crippen LogP contribution in [0.15, 0.2) is 36.7 Å². The molecule has 0 bridgehead atoms. The number of carbonyl (C=O) groups excluding carboxylic acids is 1. The van der Waals surface area contributed by atoms with Crippen molar-refractivity contribution in [3.63, 3.8) is 0 Å². The van der Waals surface area contributed by atoms with Crippen molar-refractivity contribution in [2.24, 2.45) is 5.92 Å². The minimum atomic E-state index is -0.926. The van der Waals surface area contributed by atoms with Crippen molar-refractivity contribution in [1.29, 1.82) is 0 Å². The fourth-order valence-corrected chi connectivity index (χ4v) is 2.18. The van der Waals surface area contributed by atoms with Crippen LogP contribution in [0.25, 0.3) is 5.82 Å². The molecular weight excluding hydrogens is 296 g/mol. The van der Waals surface area contributed by atoms with Crippen LogP contribution in [0.2, 0.25) is 0 Å². The molecule has 7 nitrogen and oxygen atoms in total. The Morgan fingerprint density at radius 1 is 1.30 bits per heavy atom. The quantitative estimate of drug-likeness (QED) is 0.842. The lowest BCUT2D eigenvalue weighted by Gasteiger charge is -2.23. The molecule has 7 heteroatoms. The van der Waals surface area contributed by atoms with Gasteiger partial charge in [-0.15, -0.1) is 0 Å². The van der Waals surface area contributed by atoms with Gasteiger partial charge in [0.25, 0.3) is 5.91 Å². The summed E-state index contributed by atoms with van der Waals surface area (Å²) >= 11 is 0. The molecule has 2 aromatic rings. The first-order valence-electron chi connectivity index (χ1n) is 7.45. The Morgan fingerprint density at radius 3 is 2.70 bits per heavy atom. The summed E-state index contributed by atoms with van der Waals surface area (Å²) in [4.78, 5) is 29.3.